The highest BCUT2D eigenvalue weighted by molar-refractivity contribution is 5.92. The van der Waals surface area contributed by atoms with Crippen LogP contribution in [0.4, 0.5) is 5.69 Å². The van der Waals surface area contributed by atoms with Gasteiger partial charge in [-0.3, -0.25) is 4.79 Å². The highest BCUT2D eigenvalue weighted by Crippen LogP contribution is 2.35. The van der Waals surface area contributed by atoms with E-state index in [1.807, 2.05) is 26.0 Å². The maximum Gasteiger partial charge on any atom is 0.262 e. The summed E-state index contributed by atoms with van der Waals surface area (Å²) in [6.07, 6.45) is 0. The lowest BCUT2D eigenvalue weighted by Crippen LogP contribution is -2.20. The first-order valence-corrected chi connectivity index (χ1v) is 7.01. The quantitative estimate of drug-likeness (QED) is 0.942. The predicted molar refractivity (Wildman–Crippen MR) is 82.6 cm³/mol. The minimum Gasteiger partial charge on any atom is -0.484 e. The van der Waals surface area contributed by atoms with E-state index in [0.717, 1.165) is 16.8 Å². The van der Waals surface area contributed by atoms with Gasteiger partial charge in [0.15, 0.2) is 18.1 Å². The lowest BCUT2D eigenvalue weighted by Gasteiger charge is -2.09. The van der Waals surface area contributed by atoms with Crippen LogP contribution in [-0.2, 0) is 4.79 Å². The molecule has 0 aromatic heterocycles. The SMILES string of the molecule is Cc1cc(C)cc(NC(=O)COc2ccc3c(c2)OCO3)c1. The molecule has 0 bridgehead atoms. The van der Waals surface area contributed by atoms with Crippen molar-refractivity contribution in [1.82, 2.24) is 0 Å². The number of fused-ring (bicyclic) bond motifs is 1. The molecule has 0 fully saturated rings. The molecule has 0 saturated carbocycles. The molecule has 0 radical (unpaired) electrons. The molecule has 1 N–H and O–H groups in total. The summed E-state index contributed by atoms with van der Waals surface area (Å²) in [6.45, 7) is 4.14. The van der Waals surface area contributed by atoms with Crippen molar-refractivity contribution in [2.24, 2.45) is 0 Å². The molecule has 1 amide bonds. The Hall–Kier alpha value is -2.69. The van der Waals surface area contributed by atoms with Gasteiger partial charge < -0.3 is 19.5 Å². The predicted octanol–water partition coefficient (Wildman–Crippen LogP) is 3.05. The highest BCUT2D eigenvalue weighted by atomic mass is 16.7. The highest BCUT2D eigenvalue weighted by Gasteiger charge is 2.14. The van der Waals surface area contributed by atoms with Gasteiger partial charge in [0.25, 0.3) is 5.91 Å². The van der Waals surface area contributed by atoms with Gasteiger partial charge in [-0.15, -0.1) is 0 Å². The van der Waals surface area contributed by atoms with E-state index >= 15 is 0 Å². The zero-order valence-corrected chi connectivity index (χ0v) is 12.5. The van der Waals surface area contributed by atoms with Crippen LogP contribution in [0.25, 0.3) is 0 Å². The third kappa shape index (κ3) is 3.31. The summed E-state index contributed by atoms with van der Waals surface area (Å²) in [5, 5.41) is 2.83. The van der Waals surface area contributed by atoms with E-state index in [1.165, 1.54) is 0 Å². The fraction of sp³-hybridized carbons (Fsp3) is 0.235. The Morgan fingerprint density at radius 2 is 1.82 bits per heavy atom. The lowest BCUT2D eigenvalue weighted by molar-refractivity contribution is -0.118. The van der Waals surface area contributed by atoms with Crippen LogP contribution in [0.5, 0.6) is 17.2 Å². The Morgan fingerprint density at radius 3 is 2.59 bits per heavy atom. The van der Waals surface area contributed by atoms with Gasteiger partial charge in [0, 0.05) is 11.8 Å². The Labute approximate surface area is 128 Å². The first-order valence-electron chi connectivity index (χ1n) is 7.01. The molecular formula is C17H17NO4. The molecule has 1 aliphatic rings. The van der Waals surface area contributed by atoms with Gasteiger partial charge in [-0.1, -0.05) is 6.07 Å². The van der Waals surface area contributed by atoms with Crippen molar-refractivity contribution in [3.63, 3.8) is 0 Å². The summed E-state index contributed by atoms with van der Waals surface area (Å²) in [4.78, 5) is 12.0. The number of carbonyl (C=O) groups is 1. The van der Waals surface area contributed by atoms with Gasteiger partial charge in [0.2, 0.25) is 6.79 Å². The largest absolute Gasteiger partial charge is 0.484 e. The fourth-order valence-corrected chi connectivity index (χ4v) is 2.36. The van der Waals surface area contributed by atoms with Crippen molar-refractivity contribution in [2.45, 2.75) is 13.8 Å². The smallest absolute Gasteiger partial charge is 0.262 e. The molecule has 3 rings (SSSR count). The van der Waals surface area contributed by atoms with Crippen LogP contribution in [0.2, 0.25) is 0 Å². The van der Waals surface area contributed by atoms with Gasteiger partial charge >= 0.3 is 0 Å². The maximum atomic E-state index is 12.0. The van der Waals surface area contributed by atoms with Crippen LogP contribution in [0.15, 0.2) is 36.4 Å². The molecule has 5 heteroatoms. The van der Waals surface area contributed by atoms with Crippen molar-refractivity contribution in [3.05, 3.63) is 47.5 Å². The minimum atomic E-state index is -0.206. The van der Waals surface area contributed by atoms with E-state index in [1.54, 1.807) is 18.2 Å². The van der Waals surface area contributed by atoms with Gasteiger partial charge in [0.1, 0.15) is 5.75 Å². The zero-order valence-electron chi connectivity index (χ0n) is 12.5. The molecule has 0 aliphatic carbocycles. The average Bonchev–Trinajstić information content (AvgIpc) is 2.91. The number of carbonyl (C=O) groups excluding carboxylic acids is 1. The third-order valence-electron chi connectivity index (χ3n) is 3.22. The number of nitrogens with one attached hydrogen (secondary N) is 1. The van der Waals surface area contributed by atoms with Gasteiger partial charge in [-0.05, 0) is 49.2 Å². The third-order valence-corrected chi connectivity index (χ3v) is 3.22. The number of amides is 1. The zero-order chi connectivity index (χ0) is 15.5. The van der Waals surface area contributed by atoms with Gasteiger partial charge in [0.05, 0.1) is 0 Å². The summed E-state index contributed by atoms with van der Waals surface area (Å²) < 4.78 is 16.0. The van der Waals surface area contributed by atoms with Crippen molar-refractivity contribution in [2.75, 3.05) is 18.7 Å². The molecule has 22 heavy (non-hydrogen) atoms. The van der Waals surface area contributed by atoms with Crippen LogP contribution in [0.3, 0.4) is 0 Å². The second kappa shape index (κ2) is 5.97. The van der Waals surface area contributed by atoms with Gasteiger partial charge in [-0.25, -0.2) is 0 Å². The molecule has 0 unspecified atom stereocenters. The number of aryl methyl sites for hydroxylation is 2. The van der Waals surface area contributed by atoms with E-state index in [9.17, 15) is 4.79 Å². The fourth-order valence-electron chi connectivity index (χ4n) is 2.36. The number of anilines is 1. The topological polar surface area (TPSA) is 56.8 Å². The second-order valence-corrected chi connectivity index (χ2v) is 5.23. The van der Waals surface area contributed by atoms with Crippen LogP contribution in [0, 0.1) is 13.8 Å². The van der Waals surface area contributed by atoms with Crippen molar-refractivity contribution in [3.8, 4) is 17.2 Å². The molecule has 1 aliphatic heterocycles. The second-order valence-electron chi connectivity index (χ2n) is 5.23. The van der Waals surface area contributed by atoms with E-state index in [0.29, 0.717) is 17.2 Å². The minimum absolute atomic E-state index is 0.0629. The number of hydrogen-bond acceptors (Lipinski definition) is 4. The Kier molecular flexibility index (Phi) is 3.87. The molecule has 2 aromatic carbocycles. The summed E-state index contributed by atoms with van der Waals surface area (Å²) >= 11 is 0. The number of hydrogen-bond donors (Lipinski definition) is 1. The van der Waals surface area contributed by atoms with E-state index in [-0.39, 0.29) is 19.3 Å². The van der Waals surface area contributed by atoms with Gasteiger partial charge in [-0.2, -0.15) is 0 Å². The summed E-state index contributed by atoms with van der Waals surface area (Å²) in [6, 6.07) is 11.1. The molecule has 0 spiro atoms. The number of benzene rings is 2. The standard InChI is InChI=1S/C17H17NO4/c1-11-5-12(2)7-13(6-11)18-17(19)9-20-14-3-4-15-16(8-14)22-10-21-15/h3-8H,9-10H2,1-2H3,(H,18,19). The summed E-state index contributed by atoms with van der Waals surface area (Å²) in [7, 11) is 0. The molecular weight excluding hydrogens is 282 g/mol. The summed E-state index contributed by atoms with van der Waals surface area (Å²) in [5.74, 6) is 1.68. The first kappa shape index (κ1) is 14.3. The Morgan fingerprint density at radius 1 is 1.09 bits per heavy atom. The van der Waals surface area contributed by atoms with E-state index < -0.39 is 0 Å². The van der Waals surface area contributed by atoms with Crippen LogP contribution < -0.4 is 19.5 Å². The average molecular weight is 299 g/mol. The molecule has 1 heterocycles. The van der Waals surface area contributed by atoms with E-state index in [4.69, 9.17) is 14.2 Å². The lowest BCUT2D eigenvalue weighted by atomic mass is 10.1. The molecule has 0 atom stereocenters. The summed E-state index contributed by atoms with van der Waals surface area (Å²) in [5.41, 5.74) is 2.98. The number of ether oxygens (including phenoxy) is 3. The maximum absolute atomic E-state index is 12.0. The monoisotopic (exact) mass is 299 g/mol. The normalized spacial score (nSPS) is 12.1. The van der Waals surface area contributed by atoms with Crippen LogP contribution in [-0.4, -0.2) is 19.3 Å². The van der Waals surface area contributed by atoms with E-state index in [2.05, 4.69) is 11.4 Å². The van der Waals surface area contributed by atoms with Crippen molar-refractivity contribution >= 4 is 11.6 Å². The Bertz CT molecular complexity index is 692. The van der Waals surface area contributed by atoms with Crippen LogP contribution >= 0.6 is 0 Å². The number of rotatable bonds is 4. The molecule has 2 aromatic rings. The Balaban J connectivity index is 1.58. The van der Waals surface area contributed by atoms with Crippen LogP contribution in [0.1, 0.15) is 11.1 Å². The first-order chi connectivity index (χ1) is 10.6. The molecule has 114 valence electrons. The molecule has 5 nitrogen and oxygen atoms in total. The molecule has 0 saturated heterocycles. The van der Waals surface area contributed by atoms with Crippen molar-refractivity contribution < 1.29 is 19.0 Å². The van der Waals surface area contributed by atoms with Crippen molar-refractivity contribution in [1.29, 1.82) is 0 Å².